The van der Waals surface area contributed by atoms with Crippen LogP contribution in [0, 0.1) is 11.3 Å². The Morgan fingerprint density at radius 3 is 2.09 bits per heavy atom. The zero-order valence-electron chi connectivity index (χ0n) is 6.19. The molecule has 62 valence electrons. The van der Waals surface area contributed by atoms with Crippen molar-refractivity contribution in [2.24, 2.45) is 11.3 Å². The average Bonchev–Trinajstić information content (AvgIpc) is 2.33. The molecule has 0 saturated heterocycles. The summed E-state index contributed by atoms with van der Waals surface area (Å²) < 4.78 is 0.0994. The first-order valence-electron chi connectivity index (χ1n) is 3.17. The lowest BCUT2D eigenvalue weighted by Crippen LogP contribution is -2.02. The average molecular weight is 195 g/mol. The van der Waals surface area contributed by atoms with E-state index in [4.69, 9.17) is 28.3 Å². The van der Waals surface area contributed by atoms with Crippen LogP contribution in [-0.2, 0) is 4.79 Å². The van der Waals surface area contributed by atoms with Crippen molar-refractivity contribution < 1.29 is 9.90 Å². The second-order valence-electron chi connectivity index (χ2n) is 3.17. The van der Waals surface area contributed by atoms with Gasteiger partial charge >= 0.3 is 5.97 Å². The first-order valence-corrected chi connectivity index (χ1v) is 3.93. The van der Waals surface area contributed by atoms with Crippen molar-refractivity contribution >= 4 is 29.2 Å². The molecule has 0 aromatic rings. The van der Waals surface area contributed by atoms with Crippen molar-refractivity contribution in [3.8, 4) is 0 Å². The Bertz CT molecular complexity index is 239. The van der Waals surface area contributed by atoms with E-state index in [-0.39, 0.29) is 9.91 Å². The van der Waals surface area contributed by atoms with E-state index in [1.54, 1.807) is 0 Å². The molecule has 0 aliphatic heterocycles. The topological polar surface area (TPSA) is 37.3 Å². The Morgan fingerprint density at radius 2 is 2.00 bits per heavy atom. The lowest BCUT2D eigenvalue weighted by molar-refractivity contribution is -0.139. The SMILES string of the molecule is CC1(C)C(=C(Cl)Cl)[C@@H]1C(=O)O. The summed E-state index contributed by atoms with van der Waals surface area (Å²) in [5.41, 5.74) is 0.276. The molecule has 0 bridgehead atoms. The lowest BCUT2D eigenvalue weighted by Gasteiger charge is -1.93. The molecule has 1 aliphatic carbocycles. The molecule has 1 atom stereocenters. The van der Waals surface area contributed by atoms with E-state index < -0.39 is 11.9 Å². The van der Waals surface area contributed by atoms with Crippen LogP contribution in [0.2, 0.25) is 0 Å². The molecule has 0 aromatic heterocycles. The normalized spacial score (nSPS) is 26.5. The van der Waals surface area contributed by atoms with Crippen LogP contribution in [0.5, 0.6) is 0 Å². The van der Waals surface area contributed by atoms with Crippen LogP contribution in [0.4, 0.5) is 0 Å². The molecular weight excluding hydrogens is 187 g/mol. The van der Waals surface area contributed by atoms with Crippen LogP contribution >= 0.6 is 23.2 Å². The molecule has 0 unspecified atom stereocenters. The summed E-state index contributed by atoms with van der Waals surface area (Å²) in [5, 5.41) is 8.66. The summed E-state index contributed by atoms with van der Waals surface area (Å²) >= 11 is 11.0. The molecular formula is C7H8Cl2O2. The molecule has 0 aromatic carbocycles. The van der Waals surface area contributed by atoms with Crippen molar-refractivity contribution in [1.29, 1.82) is 0 Å². The molecule has 0 amide bonds. The van der Waals surface area contributed by atoms with Crippen molar-refractivity contribution in [2.45, 2.75) is 13.8 Å². The summed E-state index contributed by atoms with van der Waals surface area (Å²) in [5.74, 6) is -1.35. The molecule has 0 radical (unpaired) electrons. The highest BCUT2D eigenvalue weighted by atomic mass is 35.5. The standard InChI is InChI=1S/C7H8Cl2O2/c1-7(2)3(5(8)9)4(7)6(10)11/h4H,1-2H3,(H,10,11)/t4-/m1/s1. The number of carboxylic acid groups (broad SMARTS) is 1. The first-order chi connectivity index (χ1) is 4.89. The van der Waals surface area contributed by atoms with E-state index in [0.29, 0.717) is 5.57 Å². The van der Waals surface area contributed by atoms with E-state index >= 15 is 0 Å². The molecule has 4 heteroatoms. The number of aliphatic carboxylic acids is 1. The third-order valence-electron chi connectivity index (χ3n) is 2.07. The number of hydrogen-bond acceptors (Lipinski definition) is 1. The van der Waals surface area contributed by atoms with Crippen LogP contribution < -0.4 is 0 Å². The van der Waals surface area contributed by atoms with Crippen molar-refractivity contribution in [3.63, 3.8) is 0 Å². The number of hydrogen-bond donors (Lipinski definition) is 1. The van der Waals surface area contributed by atoms with Gasteiger partial charge in [0.2, 0.25) is 0 Å². The van der Waals surface area contributed by atoms with E-state index in [0.717, 1.165) is 0 Å². The van der Waals surface area contributed by atoms with E-state index in [9.17, 15) is 4.79 Å². The highest BCUT2D eigenvalue weighted by Gasteiger charge is 2.58. The zero-order chi connectivity index (χ0) is 8.81. The Labute approximate surface area is 74.8 Å². The van der Waals surface area contributed by atoms with Crippen LogP contribution in [0.25, 0.3) is 0 Å². The van der Waals surface area contributed by atoms with Crippen molar-refractivity contribution in [1.82, 2.24) is 0 Å². The number of rotatable bonds is 1. The fourth-order valence-corrected chi connectivity index (χ4v) is 2.04. The number of carboxylic acids is 1. The maximum Gasteiger partial charge on any atom is 0.311 e. The monoisotopic (exact) mass is 194 g/mol. The molecule has 0 spiro atoms. The lowest BCUT2D eigenvalue weighted by atomic mass is 10.1. The Hall–Kier alpha value is -0.210. The van der Waals surface area contributed by atoms with Crippen molar-refractivity contribution in [3.05, 3.63) is 10.1 Å². The largest absolute Gasteiger partial charge is 0.481 e. The second kappa shape index (κ2) is 2.39. The van der Waals surface area contributed by atoms with Gasteiger partial charge in [-0.3, -0.25) is 4.79 Å². The fraction of sp³-hybridized carbons (Fsp3) is 0.571. The quantitative estimate of drug-likeness (QED) is 0.697. The molecule has 11 heavy (non-hydrogen) atoms. The third-order valence-corrected chi connectivity index (χ3v) is 2.48. The predicted octanol–water partition coefficient (Wildman–Crippen LogP) is 2.42. The Morgan fingerprint density at radius 1 is 1.55 bits per heavy atom. The molecule has 1 rings (SSSR count). The van der Waals surface area contributed by atoms with E-state index in [1.165, 1.54) is 0 Å². The zero-order valence-corrected chi connectivity index (χ0v) is 7.70. The summed E-state index contributed by atoms with van der Waals surface area (Å²) in [6.07, 6.45) is 0. The molecule has 1 N–H and O–H groups in total. The predicted molar refractivity (Wildman–Crippen MR) is 43.6 cm³/mol. The van der Waals surface area contributed by atoms with Crippen LogP contribution in [0.15, 0.2) is 10.1 Å². The molecule has 1 saturated carbocycles. The summed E-state index contributed by atoms with van der Waals surface area (Å²) in [6.45, 7) is 3.62. The Kier molecular flexibility index (Phi) is 1.93. The minimum Gasteiger partial charge on any atom is -0.481 e. The van der Waals surface area contributed by atoms with Gasteiger partial charge in [0, 0.05) is 5.41 Å². The van der Waals surface area contributed by atoms with Gasteiger partial charge in [0.25, 0.3) is 0 Å². The van der Waals surface area contributed by atoms with Gasteiger partial charge in [-0.2, -0.15) is 0 Å². The third kappa shape index (κ3) is 1.25. The Balaban J connectivity index is 2.94. The summed E-state index contributed by atoms with van der Waals surface area (Å²) in [6, 6.07) is 0. The fourth-order valence-electron chi connectivity index (χ4n) is 1.33. The van der Waals surface area contributed by atoms with E-state index in [2.05, 4.69) is 0 Å². The highest BCUT2D eigenvalue weighted by molar-refractivity contribution is 6.56. The maximum atomic E-state index is 10.5. The van der Waals surface area contributed by atoms with Gasteiger partial charge in [-0.15, -0.1) is 0 Å². The van der Waals surface area contributed by atoms with Gasteiger partial charge in [-0.1, -0.05) is 37.0 Å². The molecule has 0 heterocycles. The first kappa shape index (κ1) is 8.88. The molecule has 1 fully saturated rings. The maximum absolute atomic E-state index is 10.5. The van der Waals surface area contributed by atoms with Crippen LogP contribution in [-0.4, -0.2) is 11.1 Å². The summed E-state index contributed by atoms with van der Waals surface area (Å²) in [4.78, 5) is 10.5. The minimum atomic E-state index is -0.858. The van der Waals surface area contributed by atoms with Gasteiger partial charge in [0.1, 0.15) is 4.49 Å². The van der Waals surface area contributed by atoms with Crippen LogP contribution in [0.1, 0.15) is 13.8 Å². The van der Waals surface area contributed by atoms with Gasteiger partial charge in [-0.05, 0) is 5.57 Å². The second-order valence-corrected chi connectivity index (χ2v) is 4.12. The van der Waals surface area contributed by atoms with Gasteiger partial charge in [0.15, 0.2) is 0 Å². The van der Waals surface area contributed by atoms with Gasteiger partial charge in [0.05, 0.1) is 5.92 Å². The van der Waals surface area contributed by atoms with Gasteiger partial charge < -0.3 is 5.11 Å². The van der Waals surface area contributed by atoms with Gasteiger partial charge in [-0.25, -0.2) is 0 Å². The summed E-state index contributed by atoms with van der Waals surface area (Å²) in [7, 11) is 0. The van der Waals surface area contributed by atoms with E-state index in [1.807, 2.05) is 13.8 Å². The molecule has 1 aliphatic rings. The van der Waals surface area contributed by atoms with Crippen molar-refractivity contribution in [2.75, 3.05) is 0 Å². The smallest absolute Gasteiger partial charge is 0.311 e. The number of carbonyl (C=O) groups is 1. The minimum absolute atomic E-state index is 0.0994. The number of halogens is 2. The molecule has 2 nitrogen and oxygen atoms in total. The highest BCUT2D eigenvalue weighted by Crippen LogP contribution is 2.60. The van der Waals surface area contributed by atoms with Crippen LogP contribution in [0.3, 0.4) is 0 Å².